The molecule has 3 rings (SSSR count). The molecule has 16 heavy (non-hydrogen) atoms. The van der Waals surface area contributed by atoms with E-state index in [2.05, 4.69) is 38.5 Å². The number of hydrogen-bond donors (Lipinski definition) is 0. The highest BCUT2D eigenvalue weighted by Crippen LogP contribution is 2.35. The van der Waals surface area contributed by atoms with Crippen LogP contribution in [-0.4, -0.2) is 10.6 Å². The van der Waals surface area contributed by atoms with Gasteiger partial charge < -0.3 is 4.74 Å². The van der Waals surface area contributed by atoms with Gasteiger partial charge in [0.15, 0.2) is 0 Å². The van der Waals surface area contributed by atoms with Crippen LogP contribution in [0.1, 0.15) is 5.56 Å². The number of rotatable bonds is 1. The van der Waals surface area contributed by atoms with E-state index in [-0.39, 0.29) is 20.7 Å². The van der Waals surface area contributed by atoms with Gasteiger partial charge in [0.25, 0.3) is 0 Å². The highest BCUT2D eigenvalue weighted by atomic mass is 127. The van der Waals surface area contributed by atoms with Gasteiger partial charge in [-0.2, -0.15) is 0 Å². The Morgan fingerprint density at radius 2 is 2.12 bits per heavy atom. The molecule has 2 heteroatoms. The number of hydrogen-bond acceptors (Lipinski definition) is 1. The molecule has 0 saturated carbocycles. The van der Waals surface area contributed by atoms with Crippen LogP contribution in [0.15, 0.2) is 52.1 Å². The summed E-state index contributed by atoms with van der Waals surface area (Å²) in [5.74, 6) is 1.00. The second-order valence-corrected chi connectivity index (χ2v) is 5.66. The molecule has 0 unspecified atom stereocenters. The standard InChI is InChI=1S/C14H11IO/c1-2-6-14-13(5-1)12(7-9-16-14)11-4-3-8-15-10-11/h1-8,10H,9H2. The normalized spacial score (nSPS) is 17.8. The molecule has 0 aliphatic carbocycles. The Morgan fingerprint density at radius 1 is 1.19 bits per heavy atom. The van der Waals surface area contributed by atoms with Crippen molar-refractivity contribution >= 4 is 30.3 Å². The van der Waals surface area contributed by atoms with Crippen LogP contribution in [-0.2, 0) is 0 Å². The summed E-state index contributed by atoms with van der Waals surface area (Å²) in [7, 11) is 0. The first-order valence-electron chi connectivity index (χ1n) is 5.20. The predicted octanol–water partition coefficient (Wildman–Crippen LogP) is 3.69. The van der Waals surface area contributed by atoms with Crippen molar-refractivity contribution in [3.05, 3.63) is 57.7 Å². The van der Waals surface area contributed by atoms with E-state index in [1.54, 1.807) is 0 Å². The van der Waals surface area contributed by atoms with E-state index >= 15 is 0 Å². The van der Waals surface area contributed by atoms with Crippen molar-refractivity contribution in [2.45, 2.75) is 0 Å². The summed E-state index contributed by atoms with van der Waals surface area (Å²) in [6, 6.07) is 8.26. The minimum Gasteiger partial charge on any atom is -0.489 e. The summed E-state index contributed by atoms with van der Waals surface area (Å²) >= 11 is 0.102. The van der Waals surface area contributed by atoms with Gasteiger partial charge in [0.05, 0.1) is 0 Å². The van der Waals surface area contributed by atoms with E-state index in [0.29, 0.717) is 6.61 Å². The monoisotopic (exact) mass is 322 g/mol. The Hall–Kier alpha value is -1.16. The van der Waals surface area contributed by atoms with Crippen LogP contribution < -0.4 is 4.74 Å². The lowest BCUT2D eigenvalue weighted by Gasteiger charge is -2.19. The molecule has 0 aromatic heterocycles. The Balaban J connectivity index is 2.09. The van der Waals surface area contributed by atoms with E-state index in [9.17, 15) is 0 Å². The summed E-state index contributed by atoms with van der Waals surface area (Å²) in [5.41, 5.74) is 3.90. The first-order chi connectivity index (χ1) is 7.95. The third-order valence-corrected chi connectivity index (χ3v) is 4.48. The SMILES string of the molecule is C1=CC(C2=CCOc3ccccc32)=CI=C1. The van der Waals surface area contributed by atoms with Crippen LogP contribution in [0.2, 0.25) is 0 Å². The Labute approximate surface area is 105 Å². The minimum absolute atomic E-state index is 0.102. The molecule has 0 N–H and O–H groups in total. The van der Waals surface area contributed by atoms with Crippen molar-refractivity contribution in [2.24, 2.45) is 0 Å². The van der Waals surface area contributed by atoms with Gasteiger partial charge in [-0.05, 0) is 31.4 Å². The van der Waals surface area contributed by atoms with Gasteiger partial charge in [0.1, 0.15) is 12.4 Å². The number of fused-ring (bicyclic) bond motifs is 1. The molecule has 2 aliphatic heterocycles. The fourth-order valence-electron chi connectivity index (χ4n) is 1.88. The molecule has 0 radical (unpaired) electrons. The number of halogens is 1. The van der Waals surface area contributed by atoms with Crippen LogP contribution in [0.3, 0.4) is 0 Å². The summed E-state index contributed by atoms with van der Waals surface area (Å²) in [6.45, 7) is 0.680. The van der Waals surface area contributed by atoms with Crippen molar-refractivity contribution in [1.82, 2.24) is 0 Å². The molecule has 0 spiro atoms. The third-order valence-electron chi connectivity index (χ3n) is 2.62. The molecule has 0 saturated heterocycles. The molecule has 0 fully saturated rings. The van der Waals surface area contributed by atoms with Crippen molar-refractivity contribution in [2.75, 3.05) is 6.61 Å². The lowest BCUT2D eigenvalue weighted by Crippen LogP contribution is -2.05. The summed E-state index contributed by atoms with van der Waals surface area (Å²) in [4.78, 5) is 0. The van der Waals surface area contributed by atoms with E-state index in [1.165, 1.54) is 16.7 Å². The second kappa shape index (κ2) is 4.37. The van der Waals surface area contributed by atoms with Crippen molar-refractivity contribution in [3.63, 3.8) is 0 Å². The van der Waals surface area contributed by atoms with Crippen LogP contribution in [0.5, 0.6) is 5.75 Å². The molecule has 0 bridgehead atoms. The summed E-state index contributed by atoms with van der Waals surface area (Å²) < 4.78 is 10.3. The average Bonchev–Trinajstić information content (AvgIpc) is 2.39. The van der Waals surface area contributed by atoms with Gasteiger partial charge >= 0.3 is 0 Å². The maximum absolute atomic E-state index is 5.62. The predicted molar refractivity (Wildman–Crippen MR) is 77.2 cm³/mol. The zero-order valence-electron chi connectivity index (χ0n) is 8.69. The number of para-hydroxylation sites is 1. The zero-order valence-corrected chi connectivity index (χ0v) is 10.8. The first-order valence-corrected chi connectivity index (χ1v) is 7.69. The van der Waals surface area contributed by atoms with Gasteiger partial charge in [-0.15, -0.1) is 0 Å². The third kappa shape index (κ3) is 1.78. The van der Waals surface area contributed by atoms with Crippen LogP contribution in [0.4, 0.5) is 0 Å². The topological polar surface area (TPSA) is 9.23 Å². The molecular weight excluding hydrogens is 311 g/mol. The molecule has 1 aromatic rings. The minimum atomic E-state index is 0.102. The van der Waals surface area contributed by atoms with E-state index in [1.807, 2.05) is 12.1 Å². The molecule has 1 aromatic carbocycles. The molecule has 0 amide bonds. The van der Waals surface area contributed by atoms with E-state index < -0.39 is 0 Å². The Morgan fingerprint density at radius 3 is 3.00 bits per heavy atom. The van der Waals surface area contributed by atoms with Gasteiger partial charge in [-0.3, -0.25) is 0 Å². The molecule has 80 valence electrons. The zero-order chi connectivity index (χ0) is 10.8. The van der Waals surface area contributed by atoms with Crippen LogP contribution >= 0.6 is 20.7 Å². The molecule has 1 nitrogen and oxygen atoms in total. The maximum atomic E-state index is 5.62. The highest BCUT2D eigenvalue weighted by molar-refractivity contribution is 14.2. The average molecular weight is 322 g/mol. The van der Waals surface area contributed by atoms with Crippen LogP contribution in [0.25, 0.3) is 5.57 Å². The lowest BCUT2D eigenvalue weighted by atomic mass is 9.96. The maximum Gasteiger partial charge on any atom is 0.127 e. The van der Waals surface area contributed by atoms with E-state index in [4.69, 9.17) is 4.74 Å². The highest BCUT2D eigenvalue weighted by Gasteiger charge is 2.15. The van der Waals surface area contributed by atoms with Crippen molar-refractivity contribution in [3.8, 4) is 5.75 Å². The number of ether oxygens (including phenoxy) is 1. The largest absolute Gasteiger partial charge is 0.489 e. The van der Waals surface area contributed by atoms with Crippen molar-refractivity contribution < 1.29 is 4.74 Å². The van der Waals surface area contributed by atoms with Crippen molar-refractivity contribution in [1.29, 1.82) is 0 Å². The summed E-state index contributed by atoms with van der Waals surface area (Å²) in [5, 5.41) is 0. The molecule has 2 heterocycles. The second-order valence-electron chi connectivity index (χ2n) is 3.60. The van der Waals surface area contributed by atoms with Crippen LogP contribution in [0, 0.1) is 0 Å². The van der Waals surface area contributed by atoms with Gasteiger partial charge in [-0.25, -0.2) is 0 Å². The fraction of sp³-hybridized carbons (Fsp3) is 0.0714. The smallest absolute Gasteiger partial charge is 0.127 e. The first kappa shape index (κ1) is 10.0. The van der Waals surface area contributed by atoms with Gasteiger partial charge in [-0.1, -0.05) is 51.1 Å². The Bertz CT molecular complexity index is 535. The molecule has 2 aliphatic rings. The number of benzene rings is 1. The number of allylic oxidation sites excluding steroid dienone is 4. The van der Waals surface area contributed by atoms with Gasteiger partial charge in [0.2, 0.25) is 0 Å². The molecular formula is C14H11IO. The van der Waals surface area contributed by atoms with Gasteiger partial charge in [0, 0.05) is 5.56 Å². The Kier molecular flexibility index (Phi) is 2.74. The summed E-state index contributed by atoms with van der Waals surface area (Å²) in [6.07, 6.45) is 6.53. The fourth-order valence-corrected chi connectivity index (χ4v) is 3.47. The quantitative estimate of drug-likeness (QED) is 0.717. The van der Waals surface area contributed by atoms with E-state index in [0.717, 1.165) is 5.75 Å². The molecule has 0 atom stereocenters. The lowest BCUT2D eigenvalue weighted by molar-refractivity contribution is 0.357.